The second-order valence-corrected chi connectivity index (χ2v) is 5.99. The number of carbonyl (C=O) groups is 2. The molecule has 0 aliphatic carbocycles. The number of halogens is 4. The van der Waals surface area contributed by atoms with E-state index in [1.54, 1.807) is 25.1 Å². The molecule has 0 saturated heterocycles. The number of amides is 1. The molecule has 0 bridgehead atoms. The van der Waals surface area contributed by atoms with E-state index in [4.69, 9.17) is 11.6 Å². The van der Waals surface area contributed by atoms with Crippen molar-refractivity contribution < 1.29 is 32.6 Å². The van der Waals surface area contributed by atoms with Gasteiger partial charge in [-0.2, -0.15) is 0 Å². The van der Waals surface area contributed by atoms with E-state index in [9.17, 15) is 27.9 Å². The van der Waals surface area contributed by atoms with Crippen LogP contribution in [0.15, 0.2) is 36.4 Å². The molecule has 0 fully saturated rings. The van der Waals surface area contributed by atoms with Crippen LogP contribution in [-0.4, -0.2) is 23.3 Å². The zero-order valence-corrected chi connectivity index (χ0v) is 15.3. The number of carboxylic acids is 1. The number of ether oxygens (including phenoxy) is 1. The fourth-order valence-corrected chi connectivity index (χ4v) is 2.44. The Balaban J connectivity index is 2.24. The van der Waals surface area contributed by atoms with Crippen molar-refractivity contribution in [3.8, 4) is 5.75 Å². The minimum absolute atomic E-state index is 0.0871. The van der Waals surface area contributed by atoms with Gasteiger partial charge in [-0.25, -0.2) is 4.79 Å². The van der Waals surface area contributed by atoms with Crippen molar-refractivity contribution in [1.29, 1.82) is 0 Å². The van der Waals surface area contributed by atoms with Gasteiger partial charge in [0.1, 0.15) is 5.75 Å². The third kappa shape index (κ3) is 6.02. The van der Waals surface area contributed by atoms with E-state index in [2.05, 4.69) is 10.1 Å². The molecular weight excluding hydrogens is 399 g/mol. The highest BCUT2D eigenvalue weighted by Gasteiger charge is 2.31. The van der Waals surface area contributed by atoms with Crippen molar-refractivity contribution in [1.82, 2.24) is 0 Å². The molecule has 2 rings (SSSR count). The Hall–Kier alpha value is -3.00. The standard InChI is InChI=1S/C19H15ClF3NO4/c1-2-17(25)24-15-7-5-11(9-13(15)18(26)27)3-4-12-6-8-16(14(20)10-12)28-19(21,22)23/h3-10H,2H2,1H3,(H,24,25)(H,26,27)/b4-3+. The highest BCUT2D eigenvalue weighted by atomic mass is 35.5. The van der Waals surface area contributed by atoms with Gasteiger partial charge in [-0.3, -0.25) is 4.79 Å². The van der Waals surface area contributed by atoms with Gasteiger partial charge in [-0.15, -0.1) is 13.2 Å². The quantitative estimate of drug-likeness (QED) is 0.617. The van der Waals surface area contributed by atoms with Crippen LogP contribution in [0.4, 0.5) is 18.9 Å². The minimum Gasteiger partial charge on any atom is -0.478 e. The summed E-state index contributed by atoms with van der Waals surface area (Å²) in [6.45, 7) is 1.64. The summed E-state index contributed by atoms with van der Waals surface area (Å²) in [5.41, 5.74) is 1.09. The summed E-state index contributed by atoms with van der Waals surface area (Å²) in [7, 11) is 0. The number of nitrogens with one attached hydrogen (secondary N) is 1. The number of hydrogen-bond donors (Lipinski definition) is 2. The SMILES string of the molecule is CCC(=O)Nc1ccc(/C=C/c2ccc(OC(F)(F)F)c(Cl)c2)cc1C(=O)O. The third-order valence-corrected chi connectivity index (χ3v) is 3.81. The highest BCUT2D eigenvalue weighted by molar-refractivity contribution is 6.32. The van der Waals surface area contributed by atoms with Crippen LogP contribution in [0.3, 0.4) is 0 Å². The molecule has 148 valence electrons. The molecule has 0 aromatic heterocycles. The number of carbonyl (C=O) groups excluding carboxylic acids is 1. The van der Waals surface area contributed by atoms with Gasteiger partial charge in [0.25, 0.3) is 0 Å². The lowest BCUT2D eigenvalue weighted by Crippen LogP contribution is -2.17. The molecule has 0 aliphatic rings. The normalized spacial score (nSPS) is 11.5. The minimum atomic E-state index is -4.84. The Morgan fingerprint density at radius 1 is 1.14 bits per heavy atom. The van der Waals surface area contributed by atoms with Gasteiger partial charge in [0.15, 0.2) is 0 Å². The van der Waals surface area contributed by atoms with Crippen LogP contribution in [0.25, 0.3) is 12.2 Å². The van der Waals surface area contributed by atoms with Crippen LogP contribution >= 0.6 is 11.6 Å². The maximum Gasteiger partial charge on any atom is 0.573 e. The fourth-order valence-electron chi connectivity index (χ4n) is 2.21. The number of benzene rings is 2. The Morgan fingerprint density at radius 3 is 2.29 bits per heavy atom. The first-order chi connectivity index (χ1) is 13.1. The van der Waals surface area contributed by atoms with E-state index >= 15 is 0 Å². The summed E-state index contributed by atoms with van der Waals surface area (Å²) < 4.78 is 40.6. The first kappa shape index (κ1) is 21.3. The summed E-state index contributed by atoms with van der Waals surface area (Å²) in [6.07, 6.45) is -1.53. The van der Waals surface area contributed by atoms with Crippen LogP contribution in [0.1, 0.15) is 34.8 Å². The Labute approximate surface area is 163 Å². The molecule has 0 atom stereocenters. The molecule has 9 heteroatoms. The van der Waals surface area contributed by atoms with E-state index in [0.29, 0.717) is 11.1 Å². The number of hydrogen-bond acceptors (Lipinski definition) is 3. The van der Waals surface area contributed by atoms with Gasteiger partial charge in [0, 0.05) is 6.42 Å². The van der Waals surface area contributed by atoms with E-state index in [-0.39, 0.29) is 28.6 Å². The maximum absolute atomic E-state index is 12.3. The molecule has 0 radical (unpaired) electrons. The van der Waals surface area contributed by atoms with Gasteiger partial charge < -0.3 is 15.2 Å². The molecule has 28 heavy (non-hydrogen) atoms. The monoisotopic (exact) mass is 413 g/mol. The van der Waals surface area contributed by atoms with Gasteiger partial charge in [-0.1, -0.05) is 42.8 Å². The summed E-state index contributed by atoms with van der Waals surface area (Å²) in [5.74, 6) is -2.05. The van der Waals surface area contributed by atoms with Crippen molar-refractivity contribution in [3.63, 3.8) is 0 Å². The van der Waals surface area contributed by atoms with Gasteiger partial charge >= 0.3 is 12.3 Å². The predicted molar refractivity (Wildman–Crippen MR) is 99.4 cm³/mol. The Morgan fingerprint density at radius 2 is 1.75 bits per heavy atom. The van der Waals surface area contributed by atoms with Crippen LogP contribution < -0.4 is 10.1 Å². The molecule has 0 saturated carbocycles. The predicted octanol–water partition coefficient (Wildman–Crippen LogP) is 5.46. The zero-order chi connectivity index (χ0) is 20.9. The molecule has 2 N–H and O–H groups in total. The lowest BCUT2D eigenvalue weighted by Gasteiger charge is -2.10. The van der Waals surface area contributed by atoms with Crippen LogP contribution in [0.2, 0.25) is 5.02 Å². The number of alkyl halides is 3. The van der Waals surface area contributed by atoms with E-state index in [1.807, 2.05) is 0 Å². The summed E-state index contributed by atoms with van der Waals surface area (Å²) in [6, 6.07) is 8.17. The largest absolute Gasteiger partial charge is 0.573 e. The zero-order valence-electron chi connectivity index (χ0n) is 14.5. The smallest absolute Gasteiger partial charge is 0.478 e. The molecule has 0 heterocycles. The first-order valence-electron chi connectivity index (χ1n) is 7.99. The highest BCUT2D eigenvalue weighted by Crippen LogP contribution is 2.31. The molecule has 5 nitrogen and oxygen atoms in total. The van der Waals surface area contributed by atoms with Crippen molar-refractivity contribution >= 4 is 41.3 Å². The van der Waals surface area contributed by atoms with Gasteiger partial charge in [0.05, 0.1) is 16.3 Å². The topological polar surface area (TPSA) is 75.6 Å². The van der Waals surface area contributed by atoms with E-state index in [0.717, 1.165) is 6.07 Å². The van der Waals surface area contributed by atoms with Crippen LogP contribution in [-0.2, 0) is 4.79 Å². The average Bonchev–Trinajstić information content (AvgIpc) is 2.61. The number of carboxylic acid groups (broad SMARTS) is 1. The van der Waals surface area contributed by atoms with Gasteiger partial charge in [-0.05, 0) is 35.4 Å². The van der Waals surface area contributed by atoms with Crippen molar-refractivity contribution in [2.45, 2.75) is 19.7 Å². The lowest BCUT2D eigenvalue weighted by molar-refractivity contribution is -0.274. The van der Waals surface area contributed by atoms with Crippen molar-refractivity contribution in [2.24, 2.45) is 0 Å². The van der Waals surface area contributed by atoms with Crippen molar-refractivity contribution in [2.75, 3.05) is 5.32 Å². The summed E-state index contributed by atoms with van der Waals surface area (Å²) in [5, 5.41) is 11.6. The third-order valence-electron chi connectivity index (χ3n) is 3.52. The second-order valence-electron chi connectivity index (χ2n) is 5.58. The number of anilines is 1. The molecule has 0 unspecified atom stereocenters. The molecule has 2 aromatic rings. The van der Waals surface area contributed by atoms with Crippen molar-refractivity contribution in [3.05, 3.63) is 58.1 Å². The Bertz CT molecular complexity index is 926. The molecule has 0 aliphatic heterocycles. The molecule has 1 amide bonds. The second kappa shape index (κ2) is 8.79. The van der Waals surface area contributed by atoms with Crippen LogP contribution in [0.5, 0.6) is 5.75 Å². The van der Waals surface area contributed by atoms with Crippen LogP contribution in [0, 0.1) is 0 Å². The Kier molecular flexibility index (Phi) is 6.69. The molecule has 0 spiro atoms. The lowest BCUT2D eigenvalue weighted by atomic mass is 10.1. The molecule has 2 aromatic carbocycles. The number of rotatable bonds is 6. The van der Waals surface area contributed by atoms with Gasteiger partial charge in [0.2, 0.25) is 5.91 Å². The maximum atomic E-state index is 12.3. The van der Waals surface area contributed by atoms with E-state index in [1.165, 1.54) is 24.3 Å². The average molecular weight is 414 g/mol. The molecular formula is C19H15ClF3NO4. The fraction of sp³-hybridized carbons (Fsp3) is 0.158. The first-order valence-corrected chi connectivity index (χ1v) is 8.37. The summed E-state index contributed by atoms with van der Waals surface area (Å²) in [4.78, 5) is 22.9. The van der Waals surface area contributed by atoms with E-state index < -0.39 is 18.1 Å². The summed E-state index contributed by atoms with van der Waals surface area (Å²) >= 11 is 5.79. The number of aromatic carboxylic acids is 1.